The largest absolute Gasteiger partial charge is 1.00 e. The fraction of sp³-hybridized carbons (Fsp3) is 0.293. The Labute approximate surface area is 310 Å². The molecular formula is C41H38Cl2F6Zr. The summed E-state index contributed by atoms with van der Waals surface area (Å²) in [5, 5.41) is 0. The second kappa shape index (κ2) is 14.4. The number of benzene rings is 4. The normalized spacial score (nSPS) is 14.0. The van der Waals surface area contributed by atoms with Crippen molar-refractivity contribution in [3.63, 3.8) is 0 Å². The zero-order valence-electron chi connectivity index (χ0n) is 28.6. The van der Waals surface area contributed by atoms with E-state index in [0.29, 0.717) is 11.1 Å². The van der Waals surface area contributed by atoms with Crippen molar-refractivity contribution in [2.75, 3.05) is 0 Å². The molecule has 0 nitrogen and oxygen atoms in total. The van der Waals surface area contributed by atoms with Gasteiger partial charge in [0, 0.05) is 0 Å². The van der Waals surface area contributed by atoms with Crippen molar-refractivity contribution >= 4 is 6.48 Å². The molecule has 0 aliphatic heterocycles. The predicted octanol–water partition coefficient (Wildman–Crippen LogP) is 5.33. The molecule has 6 rings (SSSR count). The topological polar surface area (TPSA) is 0 Å². The van der Waals surface area contributed by atoms with Gasteiger partial charge >= 0.3 is 288 Å². The van der Waals surface area contributed by atoms with E-state index in [2.05, 4.69) is 84.0 Å². The molecule has 2 aliphatic carbocycles. The fourth-order valence-electron chi connectivity index (χ4n) is 6.65. The van der Waals surface area contributed by atoms with Crippen molar-refractivity contribution in [2.45, 2.75) is 74.8 Å². The molecule has 0 aromatic heterocycles. The van der Waals surface area contributed by atoms with Crippen molar-refractivity contribution in [3.05, 3.63) is 148 Å². The van der Waals surface area contributed by atoms with E-state index in [1.807, 2.05) is 12.2 Å². The fourth-order valence-corrected chi connectivity index (χ4v) is 15.0. The molecule has 9 heteroatoms. The number of fused-ring (bicyclic) bond motifs is 3. The van der Waals surface area contributed by atoms with Crippen LogP contribution in [0.2, 0.25) is 3.63 Å². The zero-order valence-corrected chi connectivity index (χ0v) is 32.6. The molecule has 0 heterocycles. The monoisotopic (exact) mass is 804 g/mol. The summed E-state index contributed by atoms with van der Waals surface area (Å²) < 4.78 is 84.2. The molecule has 4 aromatic carbocycles. The summed E-state index contributed by atoms with van der Waals surface area (Å²) in [5.41, 5.74) is 6.71. The third-order valence-electron chi connectivity index (χ3n) is 9.39. The first-order chi connectivity index (χ1) is 22.3. The summed E-state index contributed by atoms with van der Waals surface area (Å²) in [6.07, 6.45) is 0.0153. The van der Waals surface area contributed by atoms with E-state index >= 15 is 0 Å². The van der Waals surface area contributed by atoms with E-state index < -0.39 is 44.7 Å². The van der Waals surface area contributed by atoms with Crippen molar-refractivity contribution in [1.82, 2.24) is 0 Å². The Kier molecular flexibility index (Phi) is 11.5. The van der Waals surface area contributed by atoms with Crippen LogP contribution in [0.15, 0.2) is 103 Å². The van der Waals surface area contributed by atoms with Gasteiger partial charge < -0.3 is 24.8 Å². The first-order valence-electron chi connectivity index (χ1n) is 16.1. The minimum absolute atomic E-state index is 0. The van der Waals surface area contributed by atoms with Gasteiger partial charge in [-0.1, -0.05) is 0 Å². The number of allylic oxidation sites excluding steroid dienone is 4. The smallest absolute Gasteiger partial charge is 1.00 e. The van der Waals surface area contributed by atoms with Gasteiger partial charge in [0.15, 0.2) is 0 Å². The van der Waals surface area contributed by atoms with Crippen LogP contribution in [-0.2, 0) is 50.9 Å². The maximum Gasteiger partial charge on any atom is -1.00 e. The van der Waals surface area contributed by atoms with Crippen molar-refractivity contribution in [2.24, 2.45) is 0 Å². The van der Waals surface area contributed by atoms with Crippen molar-refractivity contribution in [3.8, 4) is 11.1 Å². The zero-order chi connectivity index (χ0) is 34.8. The van der Waals surface area contributed by atoms with Gasteiger partial charge in [0.1, 0.15) is 0 Å². The Morgan fingerprint density at radius 3 is 1.44 bits per heavy atom. The third-order valence-corrected chi connectivity index (χ3v) is 17.2. The van der Waals surface area contributed by atoms with Crippen LogP contribution in [0.25, 0.3) is 11.1 Å². The summed E-state index contributed by atoms with van der Waals surface area (Å²) >= 11 is -3.33. The molecular weight excluding hydrogens is 769 g/mol. The number of rotatable bonds is 4. The van der Waals surface area contributed by atoms with E-state index in [-0.39, 0.29) is 39.3 Å². The Bertz CT molecular complexity index is 1900. The van der Waals surface area contributed by atoms with Crippen LogP contribution in [-0.4, -0.2) is 3.21 Å². The molecule has 0 bridgehead atoms. The number of hydrogen-bond acceptors (Lipinski definition) is 0. The molecule has 0 saturated heterocycles. The molecule has 262 valence electrons. The van der Waals surface area contributed by atoms with Gasteiger partial charge in [-0.15, -0.1) is 0 Å². The van der Waals surface area contributed by atoms with Crippen LogP contribution in [0, 0.1) is 0 Å². The average Bonchev–Trinajstić information content (AvgIpc) is 3.66. The maximum atomic E-state index is 13.7. The number of hydrogen-bond donors (Lipinski definition) is 0. The van der Waals surface area contributed by atoms with Crippen LogP contribution in [0.1, 0.15) is 86.1 Å². The summed E-state index contributed by atoms with van der Waals surface area (Å²) in [5.74, 6) is 0. The SMILES string of the molecule is CC(C)(C)c1ccc2c(c1)-c1cc(C(C)(C)C)c[c]([Zr+2](=[C](c3ccc(C(F)(F)F)cc3)c3ccc(C(F)(F)F)cc3)[CH]3C=CC=C3)c1C2.[Cl-].[Cl-]. The molecule has 0 fully saturated rings. The molecule has 50 heavy (non-hydrogen) atoms. The molecule has 0 spiro atoms. The molecule has 0 unspecified atom stereocenters. The number of alkyl halides is 6. The van der Waals surface area contributed by atoms with Gasteiger partial charge in [-0.2, -0.15) is 0 Å². The van der Waals surface area contributed by atoms with E-state index in [1.54, 1.807) is 0 Å². The van der Waals surface area contributed by atoms with Gasteiger partial charge in [0.2, 0.25) is 0 Å². The number of halogens is 8. The predicted molar refractivity (Wildman–Crippen MR) is 180 cm³/mol. The van der Waals surface area contributed by atoms with Gasteiger partial charge in [-0.25, -0.2) is 0 Å². The molecule has 0 N–H and O–H groups in total. The molecule has 0 atom stereocenters. The van der Waals surface area contributed by atoms with E-state index in [4.69, 9.17) is 0 Å². The minimum atomic E-state index is -4.51. The molecule has 4 aromatic rings. The molecule has 0 radical (unpaired) electrons. The van der Waals surface area contributed by atoms with E-state index in [0.717, 1.165) is 39.5 Å². The van der Waals surface area contributed by atoms with Crippen LogP contribution in [0.4, 0.5) is 26.3 Å². The maximum absolute atomic E-state index is 13.7. The van der Waals surface area contributed by atoms with Gasteiger partial charge in [0.05, 0.1) is 0 Å². The summed E-state index contributed by atoms with van der Waals surface area (Å²) in [7, 11) is 0. The summed E-state index contributed by atoms with van der Waals surface area (Å²) in [4.78, 5) is 0. The van der Waals surface area contributed by atoms with Crippen molar-refractivity contribution in [1.29, 1.82) is 0 Å². The van der Waals surface area contributed by atoms with Gasteiger partial charge in [0.25, 0.3) is 0 Å². The quantitative estimate of drug-likeness (QED) is 0.216. The standard InChI is InChI=1S/C21H25.C15H8F6.C5H5.2ClH.Zr/c1-20(2,3)16-9-7-14-11-15-8-10-17(21(4,5)6)13-19(15)18(14)12-16;16-14(17,18)12-5-1-10(2-6-12)9-11-3-7-13(8-4-11)15(19,20)21;1-2-4-5-3-1;;;/h7,9-10,12-13H,11H2,1-6H3;1-8H;1-5H;2*1H;/q;;;;;+2/p-2. The Morgan fingerprint density at radius 1 is 0.560 bits per heavy atom. The third kappa shape index (κ3) is 8.01. The first kappa shape index (κ1) is 40.0. The molecule has 2 aliphatic rings. The first-order valence-corrected chi connectivity index (χ1v) is 20.0. The van der Waals surface area contributed by atoms with E-state index in [9.17, 15) is 26.3 Å². The summed E-state index contributed by atoms with van der Waals surface area (Å²) in [6.45, 7) is 13.1. The van der Waals surface area contributed by atoms with Crippen LogP contribution >= 0.6 is 0 Å². The van der Waals surface area contributed by atoms with Gasteiger partial charge in [-0.3, -0.25) is 0 Å². The second-order valence-corrected chi connectivity index (χ2v) is 21.1. The van der Waals surface area contributed by atoms with Crippen LogP contribution < -0.4 is 28.1 Å². The van der Waals surface area contributed by atoms with E-state index in [1.165, 1.54) is 55.4 Å². The Hall–Kier alpha value is -2.73. The minimum Gasteiger partial charge on any atom is -1.00 e. The molecule has 0 amide bonds. The van der Waals surface area contributed by atoms with Crippen LogP contribution in [0.5, 0.6) is 0 Å². The second-order valence-electron chi connectivity index (χ2n) is 14.8. The summed E-state index contributed by atoms with van der Waals surface area (Å²) in [6, 6.07) is 21.6. The van der Waals surface area contributed by atoms with Gasteiger partial charge in [-0.05, 0) is 0 Å². The van der Waals surface area contributed by atoms with Crippen molar-refractivity contribution < 1.29 is 72.4 Å². The Morgan fingerprint density at radius 2 is 1.00 bits per heavy atom. The Balaban J connectivity index is 0.00000281. The average molecular weight is 807 g/mol. The molecule has 0 saturated carbocycles. The van der Waals surface area contributed by atoms with Crippen LogP contribution in [0.3, 0.4) is 0 Å².